The number of halogens is 3. The number of nitrogens with one attached hydrogen (secondary N) is 1. The van der Waals surface area contributed by atoms with E-state index in [2.05, 4.69) is 10.3 Å². The van der Waals surface area contributed by atoms with Gasteiger partial charge in [0.05, 0.1) is 16.1 Å². The summed E-state index contributed by atoms with van der Waals surface area (Å²) < 4.78 is 13.6. The van der Waals surface area contributed by atoms with Crippen LogP contribution in [0.15, 0.2) is 30.3 Å². The first-order chi connectivity index (χ1) is 8.99. The fraction of sp³-hybridized carbons (Fsp3) is 0.154. The van der Waals surface area contributed by atoms with Crippen LogP contribution >= 0.6 is 23.2 Å². The van der Waals surface area contributed by atoms with Gasteiger partial charge in [0.1, 0.15) is 17.5 Å². The first kappa shape index (κ1) is 13.9. The molecule has 1 aromatic heterocycles. The van der Waals surface area contributed by atoms with Crippen molar-refractivity contribution in [2.24, 2.45) is 0 Å². The molecule has 0 aliphatic heterocycles. The van der Waals surface area contributed by atoms with Crippen LogP contribution in [0.1, 0.15) is 18.5 Å². The van der Waals surface area contributed by atoms with Crippen molar-refractivity contribution >= 4 is 34.8 Å². The van der Waals surface area contributed by atoms with Crippen LogP contribution in [0.4, 0.5) is 16.0 Å². The monoisotopic (exact) mass is 299 g/mol. The number of nitrogens with zero attached hydrogens (tertiary/aromatic N) is 1. The Hall–Kier alpha value is -1.52. The van der Waals surface area contributed by atoms with E-state index >= 15 is 0 Å². The van der Waals surface area contributed by atoms with Crippen LogP contribution in [-0.2, 0) is 0 Å². The second kappa shape index (κ2) is 5.63. The van der Waals surface area contributed by atoms with Crippen LogP contribution in [0.25, 0.3) is 0 Å². The molecule has 0 aliphatic rings. The summed E-state index contributed by atoms with van der Waals surface area (Å²) in [6, 6.07) is 7.70. The zero-order valence-corrected chi connectivity index (χ0v) is 11.6. The molecule has 0 fully saturated rings. The van der Waals surface area contributed by atoms with E-state index in [1.54, 1.807) is 25.1 Å². The Morgan fingerprint density at radius 1 is 1.26 bits per heavy atom. The Morgan fingerprint density at radius 2 is 1.95 bits per heavy atom. The predicted octanol–water partition coefficient (Wildman–Crippen LogP) is 4.28. The van der Waals surface area contributed by atoms with Crippen molar-refractivity contribution in [1.29, 1.82) is 0 Å². The largest absolute Gasteiger partial charge is 0.382 e. The van der Waals surface area contributed by atoms with E-state index in [1.165, 1.54) is 12.1 Å². The van der Waals surface area contributed by atoms with Crippen molar-refractivity contribution in [2.45, 2.75) is 13.0 Å². The minimum absolute atomic E-state index is 0.175. The molecule has 0 saturated heterocycles. The van der Waals surface area contributed by atoms with Crippen molar-refractivity contribution in [2.75, 3.05) is 11.1 Å². The third kappa shape index (κ3) is 3.08. The minimum atomic E-state index is -0.299. The number of nitrogen functional groups attached to an aromatic ring is 1. The molecule has 6 heteroatoms. The van der Waals surface area contributed by atoms with Crippen LogP contribution in [0, 0.1) is 5.82 Å². The van der Waals surface area contributed by atoms with Crippen LogP contribution in [0.2, 0.25) is 10.0 Å². The van der Waals surface area contributed by atoms with Gasteiger partial charge in [0.15, 0.2) is 0 Å². The van der Waals surface area contributed by atoms with E-state index in [9.17, 15) is 4.39 Å². The second-order valence-corrected chi connectivity index (χ2v) is 4.89. The number of hydrogen-bond acceptors (Lipinski definition) is 3. The zero-order chi connectivity index (χ0) is 14.0. The molecule has 0 aliphatic carbocycles. The maximum absolute atomic E-state index is 13.6. The van der Waals surface area contributed by atoms with Gasteiger partial charge in [0, 0.05) is 5.56 Å². The molecule has 1 aromatic carbocycles. The topological polar surface area (TPSA) is 50.9 Å². The van der Waals surface area contributed by atoms with Crippen molar-refractivity contribution in [1.82, 2.24) is 4.98 Å². The van der Waals surface area contributed by atoms with Gasteiger partial charge in [-0.2, -0.15) is 0 Å². The fourth-order valence-corrected chi connectivity index (χ4v) is 2.10. The molecule has 100 valence electrons. The van der Waals surface area contributed by atoms with E-state index in [-0.39, 0.29) is 22.7 Å². The summed E-state index contributed by atoms with van der Waals surface area (Å²) in [6.45, 7) is 1.81. The van der Waals surface area contributed by atoms with Gasteiger partial charge in [0.2, 0.25) is 0 Å². The lowest BCUT2D eigenvalue weighted by Gasteiger charge is -2.17. The molecule has 0 spiro atoms. The highest BCUT2D eigenvalue weighted by Gasteiger charge is 2.13. The molecule has 2 aromatic rings. The van der Waals surface area contributed by atoms with Gasteiger partial charge in [-0.25, -0.2) is 9.37 Å². The minimum Gasteiger partial charge on any atom is -0.382 e. The van der Waals surface area contributed by atoms with Crippen LogP contribution in [0.3, 0.4) is 0 Å². The maximum atomic E-state index is 13.6. The number of hydrogen-bond donors (Lipinski definition) is 2. The second-order valence-electron chi connectivity index (χ2n) is 4.07. The summed E-state index contributed by atoms with van der Waals surface area (Å²) in [7, 11) is 0. The van der Waals surface area contributed by atoms with Gasteiger partial charge < -0.3 is 11.1 Å². The maximum Gasteiger partial charge on any atom is 0.147 e. The molecule has 0 amide bonds. The summed E-state index contributed by atoms with van der Waals surface area (Å²) in [5, 5.41) is 3.64. The van der Waals surface area contributed by atoms with Gasteiger partial charge in [-0.1, -0.05) is 41.4 Å². The molecule has 19 heavy (non-hydrogen) atoms. The molecule has 2 rings (SSSR count). The van der Waals surface area contributed by atoms with Gasteiger partial charge in [-0.3, -0.25) is 0 Å². The molecule has 1 unspecified atom stereocenters. The predicted molar refractivity (Wildman–Crippen MR) is 77.1 cm³/mol. The molecular weight excluding hydrogens is 288 g/mol. The number of nitrogens with two attached hydrogens (primary N) is 1. The first-order valence-corrected chi connectivity index (χ1v) is 6.37. The Balaban J connectivity index is 2.27. The summed E-state index contributed by atoms with van der Waals surface area (Å²) in [5.41, 5.74) is 6.14. The normalized spacial score (nSPS) is 12.2. The van der Waals surface area contributed by atoms with Crippen LogP contribution in [0.5, 0.6) is 0 Å². The lowest BCUT2D eigenvalue weighted by Crippen LogP contribution is -2.10. The van der Waals surface area contributed by atoms with E-state index in [0.29, 0.717) is 16.4 Å². The van der Waals surface area contributed by atoms with Crippen LogP contribution < -0.4 is 11.1 Å². The molecule has 0 radical (unpaired) electrons. The number of rotatable bonds is 3. The highest BCUT2D eigenvalue weighted by atomic mass is 35.5. The molecule has 0 bridgehead atoms. The third-order valence-electron chi connectivity index (χ3n) is 2.68. The average molecular weight is 300 g/mol. The molecule has 3 nitrogen and oxygen atoms in total. The Labute approximate surface area is 120 Å². The average Bonchev–Trinajstić information content (AvgIpc) is 2.36. The van der Waals surface area contributed by atoms with Crippen molar-refractivity contribution < 1.29 is 4.39 Å². The highest BCUT2D eigenvalue weighted by Crippen LogP contribution is 2.30. The molecule has 3 N–H and O–H groups in total. The van der Waals surface area contributed by atoms with Gasteiger partial charge in [-0.15, -0.1) is 0 Å². The van der Waals surface area contributed by atoms with E-state index in [0.717, 1.165) is 0 Å². The smallest absolute Gasteiger partial charge is 0.147 e. The Bertz CT molecular complexity index is 604. The molecule has 1 atom stereocenters. The first-order valence-electron chi connectivity index (χ1n) is 5.61. The number of anilines is 2. The quantitative estimate of drug-likeness (QED) is 0.889. The summed E-state index contributed by atoms with van der Waals surface area (Å²) in [5.74, 6) is 0.258. The number of pyridine rings is 1. The lowest BCUT2D eigenvalue weighted by molar-refractivity contribution is 0.600. The lowest BCUT2D eigenvalue weighted by atomic mass is 10.1. The van der Waals surface area contributed by atoms with Crippen molar-refractivity contribution in [3.8, 4) is 0 Å². The Kier molecular flexibility index (Phi) is 4.12. The van der Waals surface area contributed by atoms with E-state index in [1.807, 2.05) is 0 Å². The van der Waals surface area contributed by atoms with Gasteiger partial charge in [-0.05, 0) is 19.1 Å². The van der Waals surface area contributed by atoms with Gasteiger partial charge in [0.25, 0.3) is 0 Å². The van der Waals surface area contributed by atoms with Crippen LogP contribution in [-0.4, -0.2) is 4.98 Å². The molecule has 1 heterocycles. The fourth-order valence-electron chi connectivity index (χ4n) is 1.69. The SMILES string of the molecule is CC(Nc1nc(N)c(Cl)cc1Cl)c1ccccc1F. The summed E-state index contributed by atoms with van der Waals surface area (Å²) in [4.78, 5) is 4.05. The number of benzene rings is 1. The highest BCUT2D eigenvalue weighted by molar-refractivity contribution is 6.37. The standard InChI is InChI=1S/C13H12Cl2FN3/c1-7(8-4-2-3-5-11(8)16)18-13-10(15)6-9(14)12(17)19-13/h2-7H,1H3,(H3,17,18,19). The molecule has 0 saturated carbocycles. The van der Waals surface area contributed by atoms with Crippen molar-refractivity contribution in [3.05, 3.63) is 51.8 Å². The summed E-state index contributed by atoms with van der Waals surface area (Å²) in [6.07, 6.45) is 0. The van der Waals surface area contributed by atoms with Gasteiger partial charge >= 0.3 is 0 Å². The summed E-state index contributed by atoms with van der Waals surface area (Å²) >= 11 is 11.8. The third-order valence-corrected chi connectivity index (χ3v) is 3.27. The van der Waals surface area contributed by atoms with E-state index in [4.69, 9.17) is 28.9 Å². The zero-order valence-electron chi connectivity index (χ0n) is 10.1. The molecular formula is C13H12Cl2FN3. The number of aromatic nitrogens is 1. The van der Waals surface area contributed by atoms with E-state index < -0.39 is 0 Å². The Morgan fingerprint density at radius 3 is 2.63 bits per heavy atom. The van der Waals surface area contributed by atoms with Crippen molar-refractivity contribution in [3.63, 3.8) is 0 Å².